The van der Waals surface area contributed by atoms with Crippen molar-refractivity contribution in [1.82, 2.24) is 0 Å². The molecule has 0 N–H and O–H groups in total. The van der Waals surface area contributed by atoms with Crippen LogP contribution in [-0.2, 0) is 18.8 Å². The summed E-state index contributed by atoms with van der Waals surface area (Å²) in [4.78, 5) is 11.7. The molecule has 2 rings (SSSR count). The first kappa shape index (κ1) is 16.6. The lowest BCUT2D eigenvalue weighted by Gasteiger charge is -2.32. The number of halogens is 1. The van der Waals surface area contributed by atoms with Crippen molar-refractivity contribution in [3.63, 3.8) is 0 Å². The number of hydrogen-bond acceptors (Lipinski definition) is 5. The monoisotopic (exact) mass is 358 g/mol. The van der Waals surface area contributed by atoms with Crippen LogP contribution in [0.1, 0.15) is 45.7 Å². The molecule has 0 radical (unpaired) electrons. The van der Waals surface area contributed by atoms with Gasteiger partial charge in [-0.2, -0.15) is 0 Å². The second-order valence-corrected chi connectivity index (χ2v) is 7.00. The lowest BCUT2D eigenvalue weighted by molar-refractivity contribution is -0.140. The highest BCUT2D eigenvalue weighted by Gasteiger charge is 2.55. The smallest absolute Gasteiger partial charge is 0.469 e. The van der Waals surface area contributed by atoms with Gasteiger partial charge in [-0.1, -0.05) is 0 Å². The van der Waals surface area contributed by atoms with Gasteiger partial charge in [-0.05, 0) is 49.7 Å². The molecule has 1 unspecified atom stereocenters. The minimum Gasteiger partial charge on any atom is -0.469 e. The van der Waals surface area contributed by atoms with E-state index in [0.29, 0.717) is 5.76 Å². The van der Waals surface area contributed by atoms with E-state index < -0.39 is 18.3 Å². The molecule has 7 heteroatoms. The third kappa shape index (κ3) is 3.20. The Balaban J connectivity index is 2.29. The molecular formula is C14H20BBrO5. The highest BCUT2D eigenvalue weighted by atomic mass is 79.9. The van der Waals surface area contributed by atoms with Gasteiger partial charge in [-0.15, -0.1) is 0 Å². The van der Waals surface area contributed by atoms with Crippen molar-refractivity contribution in [2.45, 2.75) is 51.1 Å². The van der Waals surface area contributed by atoms with Gasteiger partial charge in [0.25, 0.3) is 0 Å². The number of carbonyl (C=O) groups excluding carboxylic acids is 1. The molecular weight excluding hydrogens is 339 g/mol. The van der Waals surface area contributed by atoms with Gasteiger partial charge in [-0.3, -0.25) is 4.79 Å². The van der Waals surface area contributed by atoms with E-state index in [1.807, 2.05) is 27.7 Å². The molecule has 2 heterocycles. The Morgan fingerprint density at radius 2 is 1.90 bits per heavy atom. The zero-order valence-corrected chi connectivity index (χ0v) is 14.5. The highest BCUT2D eigenvalue weighted by Crippen LogP contribution is 2.43. The molecule has 1 aliphatic heterocycles. The zero-order chi connectivity index (χ0) is 15.8. The standard InChI is InChI=1S/C14H20BBrO5/c1-13(2)14(3,4)21-15(20-13)9(8-11(17)18-5)12-10(16)6-7-19-12/h6-7,9H,8H2,1-5H3. The van der Waals surface area contributed by atoms with Gasteiger partial charge in [0.15, 0.2) is 0 Å². The maximum absolute atomic E-state index is 11.7. The van der Waals surface area contributed by atoms with Gasteiger partial charge in [0, 0.05) is 0 Å². The van der Waals surface area contributed by atoms with Gasteiger partial charge >= 0.3 is 13.1 Å². The van der Waals surface area contributed by atoms with Crippen LogP contribution in [0.25, 0.3) is 0 Å². The van der Waals surface area contributed by atoms with Crippen molar-refractivity contribution < 1.29 is 23.3 Å². The summed E-state index contributed by atoms with van der Waals surface area (Å²) in [5.41, 5.74) is -0.934. The van der Waals surface area contributed by atoms with E-state index in [2.05, 4.69) is 15.9 Å². The molecule has 0 spiro atoms. The van der Waals surface area contributed by atoms with E-state index in [1.54, 1.807) is 12.3 Å². The number of rotatable bonds is 4. The van der Waals surface area contributed by atoms with Crippen molar-refractivity contribution in [1.29, 1.82) is 0 Å². The second kappa shape index (κ2) is 5.78. The van der Waals surface area contributed by atoms with E-state index in [4.69, 9.17) is 18.5 Å². The average molecular weight is 359 g/mol. The number of carbonyl (C=O) groups is 1. The molecule has 5 nitrogen and oxygen atoms in total. The van der Waals surface area contributed by atoms with Crippen LogP contribution < -0.4 is 0 Å². The molecule has 0 saturated carbocycles. The van der Waals surface area contributed by atoms with Crippen LogP contribution in [0.15, 0.2) is 21.2 Å². The van der Waals surface area contributed by atoms with E-state index in [-0.39, 0.29) is 18.2 Å². The van der Waals surface area contributed by atoms with Gasteiger partial charge in [0.05, 0.1) is 41.3 Å². The topological polar surface area (TPSA) is 57.9 Å². The van der Waals surface area contributed by atoms with E-state index in [9.17, 15) is 4.79 Å². The lowest BCUT2D eigenvalue weighted by Crippen LogP contribution is -2.41. The summed E-state index contributed by atoms with van der Waals surface area (Å²) in [5.74, 6) is -0.0835. The fourth-order valence-electron chi connectivity index (χ4n) is 2.20. The summed E-state index contributed by atoms with van der Waals surface area (Å²) < 4.78 is 23.1. The summed E-state index contributed by atoms with van der Waals surface area (Å²) in [5, 5.41) is 0. The maximum atomic E-state index is 11.7. The Bertz CT molecular complexity index is 509. The number of methoxy groups -OCH3 is 1. The van der Waals surface area contributed by atoms with Gasteiger partial charge in [0.1, 0.15) is 5.76 Å². The van der Waals surface area contributed by atoms with Crippen LogP contribution in [0.3, 0.4) is 0 Å². The number of ether oxygens (including phenoxy) is 1. The fourth-order valence-corrected chi connectivity index (χ4v) is 2.69. The van der Waals surface area contributed by atoms with Crippen LogP contribution in [0.5, 0.6) is 0 Å². The Morgan fingerprint density at radius 3 is 2.33 bits per heavy atom. The van der Waals surface area contributed by atoms with Crippen LogP contribution in [0, 0.1) is 0 Å². The van der Waals surface area contributed by atoms with Gasteiger partial charge in [0.2, 0.25) is 0 Å². The molecule has 1 saturated heterocycles. The molecule has 1 fully saturated rings. The Labute approximate surface area is 133 Å². The van der Waals surface area contributed by atoms with Gasteiger partial charge in [-0.25, -0.2) is 0 Å². The van der Waals surface area contributed by atoms with Gasteiger partial charge < -0.3 is 18.5 Å². The predicted octanol–water partition coefficient (Wildman–Crippen LogP) is 3.32. The molecule has 116 valence electrons. The molecule has 0 amide bonds. The number of furan rings is 1. The second-order valence-electron chi connectivity index (χ2n) is 6.14. The van der Waals surface area contributed by atoms with Crippen molar-refractivity contribution in [2.75, 3.05) is 7.11 Å². The molecule has 1 aliphatic rings. The Morgan fingerprint density at radius 1 is 1.33 bits per heavy atom. The quantitative estimate of drug-likeness (QED) is 0.610. The first-order valence-electron chi connectivity index (χ1n) is 6.83. The van der Waals surface area contributed by atoms with Crippen LogP contribution in [0.4, 0.5) is 0 Å². The van der Waals surface area contributed by atoms with Crippen LogP contribution in [-0.4, -0.2) is 31.4 Å². The van der Waals surface area contributed by atoms with E-state index >= 15 is 0 Å². The van der Waals surface area contributed by atoms with E-state index in [1.165, 1.54) is 7.11 Å². The third-order valence-corrected chi connectivity index (χ3v) is 4.85. The number of hydrogen-bond donors (Lipinski definition) is 0. The summed E-state index contributed by atoms with van der Waals surface area (Å²) >= 11 is 3.43. The molecule has 0 aromatic carbocycles. The zero-order valence-electron chi connectivity index (χ0n) is 12.9. The van der Waals surface area contributed by atoms with Crippen molar-refractivity contribution >= 4 is 29.0 Å². The number of esters is 1. The minimum absolute atomic E-state index is 0.124. The average Bonchev–Trinajstić information content (AvgIpc) is 2.88. The molecule has 0 aliphatic carbocycles. The molecule has 21 heavy (non-hydrogen) atoms. The summed E-state index contributed by atoms with van der Waals surface area (Å²) in [6.07, 6.45) is 1.69. The maximum Gasteiger partial charge on any atom is 0.469 e. The summed E-state index contributed by atoms with van der Waals surface area (Å²) in [6.45, 7) is 7.89. The van der Waals surface area contributed by atoms with Crippen molar-refractivity contribution in [2.24, 2.45) is 0 Å². The lowest BCUT2D eigenvalue weighted by atomic mass is 9.68. The first-order valence-corrected chi connectivity index (χ1v) is 7.62. The van der Waals surface area contributed by atoms with Crippen molar-refractivity contribution in [3.8, 4) is 0 Å². The molecule has 1 aromatic rings. The predicted molar refractivity (Wildman–Crippen MR) is 81.9 cm³/mol. The highest BCUT2D eigenvalue weighted by molar-refractivity contribution is 9.10. The Kier molecular flexibility index (Phi) is 4.56. The van der Waals surface area contributed by atoms with E-state index in [0.717, 1.165) is 4.47 Å². The summed E-state index contributed by atoms with van der Waals surface area (Å²) in [6, 6.07) is 1.78. The fraction of sp³-hybridized carbons (Fsp3) is 0.643. The van der Waals surface area contributed by atoms with Crippen molar-refractivity contribution in [3.05, 3.63) is 22.6 Å². The molecule has 1 atom stereocenters. The largest absolute Gasteiger partial charge is 0.469 e. The normalized spacial score (nSPS) is 21.3. The molecule has 0 bridgehead atoms. The first-order chi connectivity index (χ1) is 9.68. The SMILES string of the molecule is COC(=O)CC(B1OC(C)(C)C(C)(C)O1)c1occc1Br. The molecule has 1 aromatic heterocycles. The minimum atomic E-state index is -0.573. The summed E-state index contributed by atoms with van der Waals surface area (Å²) in [7, 11) is 0.789. The van der Waals surface area contributed by atoms with Crippen LogP contribution in [0.2, 0.25) is 0 Å². The van der Waals surface area contributed by atoms with Crippen LogP contribution >= 0.6 is 15.9 Å². The third-order valence-electron chi connectivity index (χ3n) is 4.20. The Hall–Kier alpha value is -0.785.